The van der Waals surface area contributed by atoms with Gasteiger partial charge in [-0.15, -0.1) is 0 Å². The van der Waals surface area contributed by atoms with Crippen molar-refractivity contribution in [1.82, 2.24) is 14.1 Å². The van der Waals surface area contributed by atoms with Gasteiger partial charge in [-0.3, -0.25) is 28.8 Å². The van der Waals surface area contributed by atoms with E-state index in [0.29, 0.717) is 39.7 Å². The van der Waals surface area contributed by atoms with E-state index in [1.807, 2.05) is 26.0 Å². The van der Waals surface area contributed by atoms with Gasteiger partial charge in [0.15, 0.2) is 0 Å². The largest absolute Gasteiger partial charge is 0.477 e. The lowest BCUT2D eigenvalue weighted by Gasteiger charge is -2.15. The molecule has 5 aromatic rings. The summed E-state index contributed by atoms with van der Waals surface area (Å²) in [6.07, 6.45) is 3.87. The van der Waals surface area contributed by atoms with Crippen LogP contribution in [0.4, 0.5) is 5.69 Å². The summed E-state index contributed by atoms with van der Waals surface area (Å²) in [5.74, 6) is -1.65. The van der Waals surface area contributed by atoms with Gasteiger partial charge in [-0.05, 0) is 67.8 Å². The minimum atomic E-state index is -1.57. The van der Waals surface area contributed by atoms with Gasteiger partial charge < -0.3 is 5.11 Å². The van der Waals surface area contributed by atoms with Crippen molar-refractivity contribution < 1.29 is 19.6 Å². The predicted molar refractivity (Wildman–Crippen MR) is 151 cm³/mol. The molecule has 2 heterocycles. The summed E-state index contributed by atoms with van der Waals surface area (Å²) < 4.78 is 2.86. The van der Waals surface area contributed by atoms with Crippen LogP contribution in [0.25, 0.3) is 27.5 Å². The Morgan fingerprint density at radius 1 is 1.07 bits per heavy atom. The molecule has 2 aromatic heterocycles. The van der Waals surface area contributed by atoms with Crippen LogP contribution in [0.2, 0.25) is 0 Å². The molecular weight excluding hydrogens is 512 g/mol. The number of hydrogen-bond acceptors (Lipinski definition) is 6. The zero-order valence-corrected chi connectivity index (χ0v) is 22.2. The molecule has 40 heavy (non-hydrogen) atoms. The fraction of sp³-hybridized carbons (Fsp3) is 0.200. The molecule has 0 saturated heterocycles. The lowest BCUT2D eigenvalue weighted by atomic mass is 10.0. The van der Waals surface area contributed by atoms with Crippen LogP contribution in [0.15, 0.2) is 65.6 Å². The molecule has 0 amide bonds. The Morgan fingerprint density at radius 2 is 1.85 bits per heavy atom. The molecule has 10 heteroatoms. The molecule has 202 valence electrons. The summed E-state index contributed by atoms with van der Waals surface area (Å²) in [4.78, 5) is 54.6. The first-order valence-corrected chi connectivity index (χ1v) is 12.8. The van der Waals surface area contributed by atoms with Gasteiger partial charge in [-0.2, -0.15) is 0 Å². The van der Waals surface area contributed by atoms with Crippen molar-refractivity contribution >= 4 is 39.4 Å². The Hall–Kier alpha value is -5.12. The van der Waals surface area contributed by atoms with Gasteiger partial charge in [0, 0.05) is 24.1 Å². The molecule has 0 aliphatic carbocycles. The molecule has 0 aliphatic rings. The average Bonchev–Trinajstić information content (AvgIpc) is 3.36. The Labute approximate surface area is 228 Å². The molecule has 0 fully saturated rings. The van der Waals surface area contributed by atoms with Crippen molar-refractivity contribution in [2.24, 2.45) is 0 Å². The second kappa shape index (κ2) is 10.2. The third-order valence-corrected chi connectivity index (χ3v) is 7.23. The van der Waals surface area contributed by atoms with Crippen molar-refractivity contribution in [2.75, 3.05) is 0 Å². The van der Waals surface area contributed by atoms with Crippen molar-refractivity contribution in [2.45, 2.75) is 40.0 Å². The van der Waals surface area contributed by atoms with Crippen LogP contribution in [0.5, 0.6) is 0 Å². The summed E-state index contributed by atoms with van der Waals surface area (Å²) >= 11 is 0. The van der Waals surface area contributed by atoms with E-state index in [9.17, 15) is 29.6 Å². The van der Waals surface area contributed by atoms with E-state index in [4.69, 9.17) is 4.98 Å². The number of unbranched alkanes of at least 4 members (excludes halogenated alkanes) is 1. The molecule has 0 unspecified atom stereocenters. The summed E-state index contributed by atoms with van der Waals surface area (Å²) in [6, 6.07) is 14.3. The number of hydrogen-bond donors (Lipinski definition) is 1. The number of aryl methyl sites for hydroxylation is 3. The number of carboxylic acids is 1. The maximum absolute atomic E-state index is 13.9. The van der Waals surface area contributed by atoms with E-state index in [1.54, 1.807) is 28.8 Å². The number of carbonyl (C=O) groups excluding carboxylic acids is 1. The minimum absolute atomic E-state index is 0.171. The van der Waals surface area contributed by atoms with Crippen LogP contribution in [0, 0.1) is 24.0 Å². The number of carboxylic acid groups (broad SMARTS) is 1. The van der Waals surface area contributed by atoms with E-state index >= 15 is 0 Å². The van der Waals surface area contributed by atoms with Gasteiger partial charge in [-0.1, -0.05) is 25.5 Å². The molecule has 10 nitrogen and oxygen atoms in total. The smallest absolute Gasteiger partial charge is 0.343 e. The highest BCUT2D eigenvalue weighted by Crippen LogP contribution is 2.27. The Morgan fingerprint density at radius 3 is 2.55 bits per heavy atom. The zero-order valence-electron chi connectivity index (χ0n) is 22.2. The molecule has 0 radical (unpaired) electrons. The Kier molecular flexibility index (Phi) is 6.76. The van der Waals surface area contributed by atoms with E-state index < -0.39 is 28.1 Å². The molecule has 0 saturated carbocycles. The van der Waals surface area contributed by atoms with Gasteiger partial charge in [0.1, 0.15) is 11.4 Å². The van der Waals surface area contributed by atoms with Crippen LogP contribution < -0.4 is 5.56 Å². The number of rotatable bonds is 7. The molecule has 0 spiro atoms. The SMILES string of the molecule is CCCCc1nc2ccc(C)c(C)c2c(=O)n1-c1ccc2c(ccn2C(=O)c2cccc([N+](=O)[O-])c2C(=O)O)c1. The number of fused-ring (bicyclic) bond motifs is 2. The number of benzene rings is 3. The number of aromatic carboxylic acids is 1. The first-order chi connectivity index (χ1) is 19.1. The summed E-state index contributed by atoms with van der Waals surface area (Å²) in [5, 5.41) is 22.2. The molecule has 0 aliphatic heterocycles. The lowest BCUT2D eigenvalue weighted by Crippen LogP contribution is -2.25. The molecule has 0 bridgehead atoms. The number of aromatic nitrogens is 3. The van der Waals surface area contributed by atoms with Gasteiger partial charge in [0.05, 0.1) is 32.6 Å². The molecular formula is C30H26N4O6. The maximum Gasteiger partial charge on any atom is 0.343 e. The van der Waals surface area contributed by atoms with E-state index in [0.717, 1.165) is 30.0 Å². The quantitative estimate of drug-likeness (QED) is 0.210. The van der Waals surface area contributed by atoms with Crippen LogP contribution >= 0.6 is 0 Å². The number of nitro benzene ring substituents is 1. The molecule has 1 N–H and O–H groups in total. The summed E-state index contributed by atoms with van der Waals surface area (Å²) in [5.41, 5.74) is 1.76. The standard InChI is InChI=1S/C30H26N4O6/c1-4-5-9-25-31-22-12-10-17(2)18(3)26(22)29(36)33(25)20-11-13-23-19(16-20)14-15-32(23)28(35)21-7-6-8-24(34(39)40)27(21)30(37)38/h6-8,10-16H,4-5,9H2,1-3H3,(H,37,38). The van der Waals surface area contributed by atoms with Gasteiger partial charge in [0.2, 0.25) is 0 Å². The monoisotopic (exact) mass is 538 g/mol. The van der Waals surface area contributed by atoms with Crippen LogP contribution in [-0.2, 0) is 6.42 Å². The third-order valence-electron chi connectivity index (χ3n) is 7.23. The van der Waals surface area contributed by atoms with Gasteiger partial charge in [-0.25, -0.2) is 9.78 Å². The highest BCUT2D eigenvalue weighted by atomic mass is 16.6. The third kappa shape index (κ3) is 4.33. The molecule has 5 rings (SSSR count). The zero-order chi connectivity index (χ0) is 28.7. The maximum atomic E-state index is 13.9. The first kappa shape index (κ1) is 26.5. The lowest BCUT2D eigenvalue weighted by molar-refractivity contribution is -0.385. The van der Waals surface area contributed by atoms with Crippen molar-refractivity contribution in [3.8, 4) is 5.69 Å². The summed E-state index contributed by atoms with van der Waals surface area (Å²) in [7, 11) is 0. The van der Waals surface area contributed by atoms with Crippen molar-refractivity contribution in [3.05, 3.63) is 109 Å². The fourth-order valence-corrected chi connectivity index (χ4v) is 5.02. The summed E-state index contributed by atoms with van der Waals surface area (Å²) in [6.45, 7) is 5.93. The van der Waals surface area contributed by atoms with Crippen LogP contribution in [-0.4, -0.2) is 36.0 Å². The predicted octanol–water partition coefficient (Wildman–Crippen LogP) is 5.59. The minimum Gasteiger partial charge on any atom is -0.477 e. The number of nitrogens with zero attached hydrogens (tertiary/aromatic N) is 4. The second-order valence-corrected chi connectivity index (χ2v) is 9.67. The average molecular weight is 539 g/mol. The molecule has 0 atom stereocenters. The number of carbonyl (C=O) groups is 2. The Balaban J connectivity index is 1.67. The van der Waals surface area contributed by atoms with E-state index in [1.165, 1.54) is 22.9 Å². The van der Waals surface area contributed by atoms with E-state index in [2.05, 4.69) is 6.92 Å². The first-order valence-electron chi connectivity index (χ1n) is 12.8. The van der Waals surface area contributed by atoms with Gasteiger partial charge in [0.25, 0.3) is 17.2 Å². The highest BCUT2D eigenvalue weighted by molar-refractivity contribution is 6.10. The highest BCUT2D eigenvalue weighted by Gasteiger charge is 2.28. The van der Waals surface area contributed by atoms with Crippen LogP contribution in [0.1, 0.15) is 57.4 Å². The van der Waals surface area contributed by atoms with Crippen LogP contribution in [0.3, 0.4) is 0 Å². The van der Waals surface area contributed by atoms with Gasteiger partial charge >= 0.3 is 5.97 Å². The van der Waals surface area contributed by atoms with E-state index in [-0.39, 0.29) is 11.1 Å². The van der Waals surface area contributed by atoms with Crippen molar-refractivity contribution in [3.63, 3.8) is 0 Å². The topological polar surface area (TPSA) is 137 Å². The molecule has 3 aromatic carbocycles. The van der Waals surface area contributed by atoms with Crippen molar-refractivity contribution in [1.29, 1.82) is 0 Å². The fourth-order valence-electron chi connectivity index (χ4n) is 5.02. The second-order valence-electron chi connectivity index (χ2n) is 9.67. The Bertz CT molecular complexity index is 1920. The normalized spacial score (nSPS) is 11.3. The number of nitro groups is 1.